The van der Waals surface area contributed by atoms with Crippen molar-refractivity contribution in [2.75, 3.05) is 9.96 Å². The molecule has 0 radical (unpaired) electrons. The summed E-state index contributed by atoms with van der Waals surface area (Å²) in [7, 11) is 0. The molecule has 0 saturated carbocycles. The van der Waals surface area contributed by atoms with E-state index < -0.39 is 17.8 Å². The molecule has 158 valence electrons. The maximum absolute atomic E-state index is 13.5. The molecule has 2 aromatic carbocycles. The summed E-state index contributed by atoms with van der Waals surface area (Å²) in [4.78, 5) is 34.0. The van der Waals surface area contributed by atoms with Crippen LogP contribution in [0.15, 0.2) is 54.6 Å². The van der Waals surface area contributed by atoms with Gasteiger partial charge in [-0.1, -0.05) is 51.3 Å². The molecule has 4 atom stereocenters. The van der Waals surface area contributed by atoms with Crippen LogP contribution in [0.3, 0.4) is 0 Å². The lowest BCUT2D eigenvalue weighted by molar-refractivity contribution is -0.126. The van der Waals surface area contributed by atoms with Crippen molar-refractivity contribution < 1.29 is 18.8 Å². The number of nitrogens with zero attached hydrogens (tertiary/aromatic N) is 2. The minimum Gasteiger partial charge on any atom is -0.273 e. The third kappa shape index (κ3) is 3.49. The number of rotatable bonds is 7. The zero-order valence-electron chi connectivity index (χ0n) is 17.3. The summed E-state index contributed by atoms with van der Waals surface area (Å²) < 4.78 is 13.3. The summed E-state index contributed by atoms with van der Waals surface area (Å²) >= 11 is 0. The number of carbonyl (C=O) groups is 2. The van der Waals surface area contributed by atoms with Crippen molar-refractivity contribution in [1.29, 1.82) is 0 Å². The molecule has 2 heterocycles. The number of halogens is 1. The molecule has 0 aliphatic carbocycles. The summed E-state index contributed by atoms with van der Waals surface area (Å²) in [6, 6.07) is 14.9. The predicted octanol–water partition coefficient (Wildman–Crippen LogP) is 4.72. The first kappa shape index (κ1) is 20.5. The van der Waals surface area contributed by atoms with E-state index in [1.807, 2.05) is 30.3 Å². The van der Waals surface area contributed by atoms with Gasteiger partial charge in [0.2, 0.25) is 5.91 Å². The molecular formula is C24H27FN2O3. The second-order valence-electron chi connectivity index (χ2n) is 8.00. The molecule has 4 rings (SSSR count). The maximum atomic E-state index is 13.5. The fraction of sp³-hybridized carbons (Fsp3) is 0.417. The molecule has 30 heavy (non-hydrogen) atoms. The van der Waals surface area contributed by atoms with Gasteiger partial charge in [0, 0.05) is 0 Å². The average Bonchev–Trinajstić information content (AvgIpc) is 3.27. The number of unbranched alkanes of at least 4 members (excludes halogenated alkanes) is 1. The Labute approximate surface area is 176 Å². The third-order valence-electron chi connectivity index (χ3n) is 6.19. The summed E-state index contributed by atoms with van der Waals surface area (Å²) in [5.74, 6) is -1.43. The highest BCUT2D eigenvalue weighted by molar-refractivity contribution is 6.23. The molecule has 2 fully saturated rings. The maximum Gasteiger partial charge on any atom is 0.266 e. The number of imide groups is 1. The molecule has 2 aliphatic heterocycles. The Morgan fingerprint density at radius 1 is 0.967 bits per heavy atom. The van der Waals surface area contributed by atoms with Crippen molar-refractivity contribution in [2.45, 2.75) is 51.7 Å². The van der Waals surface area contributed by atoms with Crippen LogP contribution < -0.4 is 9.96 Å². The van der Waals surface area contributed by atoms with Gasteiger partial charge in [-0.15, -0.1) is 0 Å². The smallest absolute Gasteiger partial charge is 0.266 e. The molecule has 4 unspecified atom stereocenters. The summed E-state index contributed by atoms with van der Waals surface area (Å²) in [6.45, 7) is 4.27. The summed E-state index contributed by atoms with van der Waals surface area (Å²) in [5, 5.41) is 1.79. The van der Waals surface area contributed by atoms with Crippen molar-refractivity contribution in [3.63, 3.8) is 0 Å². The molecule has 6 heteroatoms. The Morgan fingerprint density at radius 3 is 2.30 bits per heavy atom. The van der Waals surface area contributed by atoms with Crippen molar-refractivity contribution in [3.8, 4) is 0 Å². The Bertz CT molecular complexity index is 902. The van der Waals surface area contributed by atoms with Crippen molar-refractivity contribution >= 4 is 23.2 Å². The van der Waals surface area contributed by atoms with Crippen LogP contribution in [0, 0.1) is 17.7 Å². The van der Waals surface area contributed by atoms with E-state index >= 15 is 0 Å². The van der Waals surface area contributed by atoms with Gasteiger partial charge in [-0.25, -0.2) is 14.4 Å². The highest BCUT2D eigenvalue weighted by atomic mass is 19.1. The minimum absolute atomic E-state index is 0.213. The van der Waals surface area contributed by atoms with Crippen LogP contribution in [-0.4, -0.2) is 24.0 Å². The molecule has 2 saturated heterocycles. The summed E-state index contributed by atoms with van der Waals surface area (Å²) in [5.41, 5.74) is 1.23. The first-order valence-electron chi connectivity index (χ1n) is 10.7. The van der Waals surface area contributed by atoms with E-state index in [0.29, 0.717) is 5.69 Å². The van der Waals surface area contributed by atoms with E-state index in [1.165, 1.54) is 24.3 Å². The monoisotopic (exact) mass is 410 g/mol. The fourth-order valence-electron chi connectivity index (χ4n) is 4.66. The number of anilines is 2. The second kappa shape index (κ2) is 8.56. The van der Waals surface area contributed by atoms with Gasteiger partial charge in [-0.05, 0) is 48.7 Å². The lowest BCUT2D eigenvalue weighted by Gasteiger charge is -2.33. The lowest BCUT2D eigenvalue weighted by atomic mass is 9.82. The van der Waals surface area contributed by atoms with Crippen LogP contribution in [0.2, 0.25) is 0 Å². The lowest BCUT2D eigenvalue weighted by Crippen LogP contribution is -2.44. The number of hydrogen-bond acceptors (Lipinski definition) is 4. The predicted molar refractivity (Wildman–Crippen MR) is 113 cm³/mol. The highest BCUT2D eigenvalue weighted by Crippen LogP contribution is 2.44. The highest BCUT2D eigenvalue weighted by Gasteiger charge is 2.61. The number of carbonyl (C=O) groups excluding carboxylic acids is 2. The number of benzene rings is 2. The Balaban J connectivity index is 1.71. The van der Waals surface area contributed by atoms with Crippen LogP contribution in [-0.2, 0) is 14.4 Å². The molecule has 0 aromatic heterocycles. The SMILES string of the molecule is CCCCC(CC)C1C2C(=O)N(c3ccc(F)cc3)C(=O)C2ON1c1ccccc1. The normalized spacial score (nSPS) is 24.4. The van der Waals surface area contributed by atoms with E-state index in [4.69, 9.17) is 4.84 Å². The van der Waals surface area contributed by atoms with Crippen molar-refractivity contribution in [2.24, 2.45) is 11.8 Å². The van der Waals surface area contributed by atoms with Crippen LogP contribution >= 0.6 is 0 Å². The third-order valence-corrected chi connectivity index (χ3v) is 6.19. The Morgan fingerprint density at radius 2 is 1.67 bits per heavy atom. The molecule has 2 amide bonds. The molecule has 2 aromatic rings. The molecule has 0 N–H and O–H groups in total. The minimum atomic E-state index is -0.858. The van der Waals surface area contributed by atoms with Gasteiger partial charge in [0.15, 0.2) is 6.10 Å². The topological polar surface area (TPSA) is 49.9 Å². The van der Waals surface area contributed by atoms with Crippen LogP contribution in [0.25, 0.3) is 0 Å². The van der Waals surface area contributed by atoms with Gasteiger partial charge in [-0.2, -0.15) is 0 Å². The van der Waals surface area contributed by atoms with Crippen LogP contribution in [0.4, 0.5) is 15.8 Å². The van der Waals surface area contributed by atoms with E-state index in [-0.39, 0.29) is 23.8 Å². The van der Waals surface area contributed by atoms with Gasteiger partial charge < -0.3 is 0 Å². The van der Waals surface area contributed by atoms with Gasteiger partial charge in [0.1, 0.15) is 5.82 Å². The zero-order valence-corrected chi connectivity index (χ0v) is 17.3. The second-order valence-corrected chi connectivity index (χ2v) is 8.00. The van der Waals surface area contributed by atoms with Gasteiger partial charge in [0.25, 0.3) is 5.91 Å². The molecular weight excluding hydrogens is 383 g/mol. The zero-order chi connectivity index (χ0) is 21.3. The molecule has 2 aliphatic rings. The number of para-hydroxylation sites is 1. The largest absolute Gasteiger partial charge is 0.273 e. The van der Waals surface area contributed by atoms with Crippen molar-refractivity contribution in [3.05, 3.63) is 60.4 Å². The van der Waals surface area contributed by atoms with Crippen LogP contribution in [0.5, 0.6) is 0 Å². The van der Waals surface area contributed by atoms with Gasteiger partial charge in [-0.3, -0.25) is 14.4 Å². The van der Waals surface area contributed by atoms with E-state index in [1.54, 1.807) is 5.06 Å². The molecule has 0 bridgehead atoms. The van der Waals surface area contributed by atoms with E-state index in [9.17, 15) is 14.0 Å². The fourth-order valence-corrected chi connectivity index (χ4v) is 4.66. The van der Waals surface area contributed by atoms with Gasteiger partial charge in [0.05, 0.1) is 23.3 Å². The van der Waals surface area contributed by atoms with E-state index in [2.05, 4.69) is 13.8 Å². The Kier molecular flexibility index (Phi) is 5.86. The summed E-state index contributed by atoms with van der Waals surface area (Å²) in [6.07, 6.45) is 3.12. The Hall–Kier alpha value is -2.73. The molecule has 0 spiro atoms. The first-order valence-corrected chi connectivity index (χ1v) is 10.7. The quantitative estimate of drug-likeness (QED) is 0.620. The first-order chi connectivity index (χ1) is 14.6. The number of hydroxylamine groups is 1. The number of fused-ring (bicyclic) bond motifs is 1. The standard InChI is InChI=1S/C24H27FN2O3/c1-3-5-9-16(4-2)21-20-22(30-27(21)19-10-7-6-8-11-19)24(29)26(23(20)28)18-14-12-17(25)13-15-18/h6-8,10-16,20-22H,3-5,9H2,1-2H3. The number of amides is 2. The number of hydrogen-bond donors (Lipinski definition) is 0. The van der Waals surface area contributed by atoms with Crippen molar-refractivity contribution in [1.82, 2.24) is 0 Å². The van der Waals surface area contributed by atoms with Crippen LogP contribution in [0.1, 0.15) is 39.5 Å². The van der Waals surface area contributed by atoms with Gasteiger partial charge >= 0.3 is 0 Å². The molecule has 5 nitrogen and oxygen atoms in total. The van der Waals surface area contributed by atoms with E-state index in [0.717, 1.165) is 36.3 Å². The average molecular weight is 410 g/mol.